The first-order valence-corrected chi connectivity index (χ1v) is 13.4. The molecule has 6 rings (SSSR count). The lowest BCUT2D eigenvalue weighted by Gasteiger charge is -2.26. The van der Waals surface area contributed by atoms with Crippen LogP contribution in [0.2, 0.25) is 0 Å². The van der Waals surface area contributed by atoms with E-state index in [1.165, 1.54) is 0 Å². The van der Waals surface area contributed by atoms with Gasteiger partial charge in [-0.05, 0) is 47.5 Å². The summed E-state index contributed by atoms with van der Waals surface area (Å²) in [6, 6.07) is 30.5. The van der Waals surface area contributed by atoms with Crippen LogP contribution in [0.25, 0.3) is 33.2 Å². The number of aliphatic hydroxyl groups excluding tert-OH is 1. The van der Waals surface area contributed by atoms with Crippen molar-refractivity contribution in [1.82, 2.24) is 19.5 Å². The van der Waals surface area contributed by atoms with Crippen molar-refractivity contribution in [2.75, 3.05) is 0 Å². The van der Waals surface area contributed by atoms with Gasteiger partial charge in [0.15, 0.2) is 6.29 Å². The van der Waals surface area contributed by atoms with E-state index in [-0.39, 0.29) is 0 Å². The van der Waals surface area contributed by atoms with Gasteiger partial charge in [0.05, 0.1) is 22.2 Å². The van der Waals surface area contributed by atoms with Crippen LogP contribution in [-0.2, 0) is 19.6 Å². The van der Waals surface area contributed by atoms with Gasteiger partial charge in [0.2, 0.25) is 0 Å². The van der Waals surface area contributed by atoms with E-state index < -0.39 is 11.7 Å². The monoisotopic (exact) mass is 532 g/mol. The smallest absolute Gasteiger partial charge is 0.157 e. The predicted molar refractivity (Wildman–Crippen MR) is 157 cm³/mol. The number of hydrogen-bond acceptors (Lipinski definition) is 5. The minimum Gasteiger partial charge on any atom is -0.487 e. The number of aliphatic hydroxyl groups is 2. The molecule has 0 fully saturated rings. The van der Waals surface area contributed by atoms with Gasteiger partial charge in [0, 0.05) is 41.7 Å². The lowest BCUT2D eigenvalue weighted by Crippen LogP contribution is -2.32. The second-order valence-electron chi connectivity index (χ2n) is 10.9. The van der Waals surface area contributed by atoms with E-state index >= 15 is 0 Å². The summed E-state index contributed by atoms with van der Waals surface area (Å²) in [6.07, 6.45) is 0.854. The summed E-state index contributed by atoms with van der Waals surface area (Å²) in [6.45, 7) is 4.62. The lowest BCUT2D eigenvalue weighted by atomic mass is 9.88. The highest BCUT2D eigenvalue weighted by Gasteiger charge is 2.29. The normalized spacial score (nSPS) is 12.0. The largest absolute Gasteiger partial charge is 0.487 e. The fraction of sp³-hybridized carbons (Fsp3) is 0.212. The Morgan fingerprint density at radius 3 is 2.48 bits per heavy atom. The Balaban J connectivity index is 1.28. The Kier molecular flexibility index (Phi) is 6.84. The van der Waals surface area contributed by atoms with Crippen LogP contribution >= 0.6 is 0 Å². The quantitative estimate of drug-likeness (QED) is 0.196. The zero-order chi connectivity index (χ0) is 27.7. The molecule has 0 atom stereocenters. The average molecular weight is 533 g/mol. The van der Waals surface area contributed by atoms with Crippen LogP contribution in [0.1, 0.15) is 30.9 Å². The molecule has 0 aliphatic carbocycles. The standard InChI is InChI=1S/C33H32N4O3/c1-33(2,32(38)39)19-31-36-29-18-26(40-21-25-14-13-23-6-3-4-7-28(23)35-25)15-16-30(29)37(31)20-22-9-11-24(12-10-22)27-8-5-17-34-27/h3-18,32,34,38-39H,19-21H2,1-2H3. The van der Waals surface area contributed by atoms with E-state index in [0.717, 1.165) is 50.3 Å². The molecule has 3 aromatic heterocycles. The second kappa shape index (κ2) is 10.6. The van der Waals surface area contributed by atoms with Crippen molar-refractivity contribution in [2.24, 2.45) is 5.41 Å². The first-order chi connectivity index (χ1) is 19.4. The number of rotatable bonds is 9. The topological polar surface area (TPSA) is 96.2 Å². The number of imidazole rings is 1. The fourth-order valence-corrected chi connectivity index (χ4v) is 4.89. The molecular formula is C33H32N4O3. The van der Waals surface area contributed by atoms with E-state index in [2.05, 4.69) is 45.9 Å². The number of ether oxygens (including phenoxy) is 1. The third-order valence-electron chi connectivity index (χ3n) is 7.36. The molecule has 0 aliphatic heterocycles. The van der Waals surface area contributed by atoms with Crippen LogP contribution in [0.4, 0.5) is 0 Å². The molecular weight excluding hydrogens is 500 g/mol. The molecule has 3 heterocycles. The summed E-state index contributed by atoms with van der Waals surface area (Å²) < 4.78 is 8.26. The highest BCUT2D eigenvalue weighted by atomic mass is 16.5. The molecule has 0 saturated heterocycles. The van der Waals surface area contributed by atoms with Gasteiger partial charge in [-0.1, -0.05) is 62.4 Å². The van der Waals surface area contributed by atoms with Crippen LogP contribution in [0.3, 0.4) is 0 Å². The number of aromatic amines is 1. The van der Waals surface area contributed by atoms with Crippen LogP contribution in [-0.4, -0.2) is 36.0 Å². The summed E-state index contributed by atoms with van der Waals surface area (Å²) in [7, 11) is 0. The number of benzene rings is 3. The van der Waals surface area contributed by atoms with Crippen LogP contribution in [0.5, 0.6) is 5.75 Å². The third-order valence-corrected chi connectivity index (χ3v) is 7.36. The van der Waals surface area contributed by atoms with Gasteiger partial charge in [-0.25, -0.2) is 9.97 Å². The number of hydrogen-bond donors (Lipinski definition) is 3. The van der Waals surface area contributed by atoms with Gasteiger partial charge >= 0.3 is 0 Å². The van der Waals surface area contributed by atoms with Crippen molar-refractivity contribution in [2.45, 2.75) is 39.7 Å². The summed E-state index contributed by atoms with van der Waals surface area (Å²) in [5.74, 6) is 1.49. The molecule has 7 heteroatoms. The van der Waals surface area contributed by atoms with E-state index in [1.54, 1.807) is 0 Å². The summed E-state index contributed by atoms with van der Waals surface area (Å²) in [5, 5.41) is 21.1. The Morgan fingerprint density at radius 2 is 1.70 bits per heavy atom. The zero-order valence-corrected chi connectivity index (χ0v) is 22.6. The number of aromatic nitrogens is 4. The van der Waals surface area contributed by atoms with E-state index in [4.69, 9.17) is 14.7 Å². The summed E-state index contributed by atoms with van der Waals surface area (Å²) >= 11 is 0. The van der Waals surface area contributed by atoms with Gasteiger partial charge in [-0.15, -0.1) is 0 Å². The Bertz CT molecular complexity index is 1750. The third kappa shape index (κ3) is 5.34. The maximum Gasteiger partial charge on any atom is 0.157 e. The van der Waals surface area contributed by atoms with E-state index in [0.29, 0.717) is 25.3 Å². The number of para-hydroxylation sites is 1. The molecule has 3 N–H and O–H groups in total. The molecule has 0 unspecified atom stereocenters. The Hall–Kier alpha value is -4.46. The summed E-state index contributed by atoms with van der Waals surface area (Å²) in [5.41, 5.74) is 6.11. The lowest BCUT2D eigenvalue weighted by molar-refractivity contribution is -0.121. The van der Waals surface area contributed by atoms with Crippen LogP contribution in [0.15, 0.2) is 97.2 Å². The SMILES string of the molecule is CC(C)(Cc1nc2cc(OCc3ccc4ccccc4n3)ccc2n1Cc1ccc(-c2ccc[nH]2)cc1)C(O)O. The number of nitrogens with one attached hydrogen (secondary N) is 1. The predicted octanol–water partition coefficient (Wildman–Crippen LogP) is 6.09. The molecule has 40 heavy (non-hydrogen) atoms. The number of H-pyrrole nitrogens is 1. The molecule has 3 aromatic carbocycles. The van der Waals surface area contributed by atoms with Gasteiger partial charge in [0.25, 0.3) is 0 Å². The second-order valence-corrected chi connectivity index (χ2v) is 10.9. The van der Waals surface area contributed by atoms with Crippen LogP contribution in [0, 0.1) is 5.41 Å². The molecule has 0 spiro atoms. The first kappa shape index (κ1) is 25.8. The molecule has 7 nitrogen and oxygen atoms in total. The maximum atomic E-state index is 10.00. The average Bonchev–Trinajstić information content (AvgIpc) is 3.60. The van der Waals surface area contributed by atoms with Crippen molar-refractivity contribution < 1.29 is 14.9 Å². The highest BCUT2D eigenvalue weighted by molar-refractivity contribution is 5.79. The first-order valence-electron chi connectivity index (χ1n) is 13.4. The van der Waals surface area contributed by atoms with Crippen molar-refractivity contribution in [3.8, 4) is 17.0 Å². The van der Waals surface area contributed by atoms with Gasteiger partial charge in [0.1, 0.15) is 18.2 Å². The van der Waals surface area contributed by atoms with E-state index in [9.17, 15) is 10.2 Å². The molecule has 0 bridgehead atoms. The number of pyridine rings is 1. The fourth-order valence-electron chi connectivity index (χ4n) is 4.89. The van der Waals surface area contributed by atoms with E-state index in [1.807, 2.05) is 74.6 Å². The van der Waals surface area contributed by atoms with Crippen molar-refractivity contribution in [3.05, 3.63) is 114 Å². The number of fused-ring (bicyclic) bond motifs is 2. The highest BCUT2D eigenvalue weighted by Crippen LogP contribution is 2.30. The summed E-state index contributed by atoms with van der Waals surface area (Å²) in [4.78, 5) is 12.9. The van der Waals surface area contributed by atoms with Crippen molar-refractivity contribution in [1.29, 1.82) is 0 Å². The molecule has 0 amide bonds. The minimum atomic E-state index is -1.46. The van der Waals surface area contributed by atoms with Gasteiger partial charge < -0.3 is 24.5 Å². The molecule has 202 valence electrons. The maximum absolute atomic E-state index is 10.00. The molecule has 0 radical (unpaired) electrons. The molecule has 0 aliphatic rings. The Labute approximate surface area is 232 Å². The number of nitrogens with zero attached hydrogens (tertiary/aromatic N) is 3. The van der Waals surface area contributed by atoms with Crippen molar-refractivity contribution >= 4 is 21.9 Å². The van der Waals surface area contributed by atoms with Gasteiger partial charge in [-0.3, -0.25) is 0 Å². The zero-order valence-electron chi connectivity index (χ0n) is 22.6. The van der Waals surface area contributed by atoms with Crippen molar-refractivity contribution in [3.63, 3.8) is 0 Å². The Morgan fingerprint density at radius 1 is 0.875 bits per heavy atom. The van der Waals surface area contributed by atoms with Gasteiger partial charge in [-0.2, -0.15) is 0 Å². The molecule has 6 aromatic rings. The van der Waals surface area contributed by atoms with Crippen LogP contribution < -0.4 is 4.74 Å². The minimum absolute atomic E-state index is 0.348. The molecule has 0 saturated carbocycles.